The van der Waals surface area contributed by atoms with Gasteiger partial charge in [-0.15, -0.1) is 0 Å². The third kappa shape index (κ3) is 6.77. The minimum Gasteiger partial charge on any atom is -0.381 e. The number of benzene rings is 1. The van der Waals surface area contributed by atoms with E-state index in [9.17, 15) is 4.79 Å². The van der Waals surface area contributed by atoms with Crippen LogP contribution in [0.15, 0.2) is 49.4 Å². The zero-order valence-electron chi connectivity index (χ0n) is 18.9. The van der Waals surface area contributed by atoms with Crippen LogP contribution in [0.3, 0.4) is 0 Å². The third-order valence-electron chi connectivity index (χ3n) is 5.60. The smallest absolute Gasteiger partial charge is 0.236 e. The van der Waals surface area contributed by atoms with Crippen molar-refractivity contribution in [2.24, 2.45) is 5.73 Å². The summed E-state index contributed by atoms with van der Waals surface area (Å²) in [4.78, 5) is 26.8. The summed E-state index contributed by atoms with van der Waals surface area (Å²) in [7, 11) is 1.76. The lowest BCUT2D eigenvalue weighted by molar-refractivity contribution is -0.128. The normalized spacial score (nSPS) is 15.7. The molecule has 172 valence electrons. The molecule has 2 saturated heterocycles. The molecule has 0 saturated carbocycles. The van der Waals surface area contributed by atoms with Crippen molar-refractivity contribution in [3.63, 3.8) is 0 Å². The fourth-order valence-corrected chi connectivity index (χ4v) is 3.62. The molecule has 32 heavy (non-hydrogen) atoms. The molecular formula is C24H34N6O2. The molecule has 0 bridgehead atoms. The molecule has 1 aromatic heterocycles. The van der Waals surface area contributed by atoms with Gasteiger partial charge in [0.25, 0.3) is 0 Å². The number of likely N-dealkylation sites (N-methyl/N-ethyl adjacent to an activating group) is 1. The van der Waals surface area contributed by atoms with Crippen LogP contribution >= 0.6 is 0 Å². The van der Waals surface area contributed by atoms with Crippen molar-refractivity contribution >= 4 is 11.9 Å². The van der Waals surface area contributed by atoms with Crippen LogP contribution in [0.4, 0.5) is 5.95 Å². The van der Waals surface area contributed by atoms with E-state index in [1.165, 1.54) is 12.8 Å². The maximum Gasteiger partial charge on any atom is 0.236 e. The number of ether oxygens (including phenoxy) is 1. The van der Waals surface area contributed by atoms with Gasteiger partial charge in [0.05, 0.1) is 6.54 Å². The van der Waals surface area contributed by atoms with Crippen molar-refractivity contribution in [3.8, 4) is 11.1 Å². The van der Waals surface area contributed by atoms with Crippen LogP contribution in [0.25, 0.3) is 11.1 Å². The van der Waals surface area contributed by atoms with Gasteiger partial charge in [-0.25, -0.2) is 9.97 Å². The van der Waals surface area contributed by atoms with E-state index in [0.29, 0.717) is 6.54 Å². The summed E-state index contributed by atoms with van der Waals surface area (Å²) in [5, 5.41) is 0. The number of nitrogens with zero attached hydrogens (tertiary/aromatic N) is 5. The van der Waals surface area contributed by atoms with E-state index in [2.05, 4.69) is 32.4 Å². The molecule has 0 unspecified atom stereocenters. The number of carbonyl (C=O) groups is 1. The molecule has 0 radical (unpaired) electrons. The largest absolute Gasteiger partial charge is 0.381 e. The molecule has 1 amide bonds. The van der Waals surface area contributed by atoms with Gasteiger partial charge in [-0.05, 0) is 36.2 Å². The Bertz CT molecular complexity index is 853. The van der Waals surface area contributed by atoms with Gasteiger partial charge in [-0.2, -0.15) is 0 Å². The molecule has 8 nitrogen and oxygen atoms in total. The quantitative estimate of drug-likeness (QED) is 0.739. The number of hydrogen-bond acceptors (Lipinski definition) is 7. The predicted octanol–water partition coefficient (Wildman–Crippen LogP) is 2.12. The molecule has 0 spiro atoms. The van der Waals surface area contributed by atoms with Crippen LogP contribution in [0.2, 0.25) is 0 Å². The summed E-state index contributed by atoms with van der Waals surface area (Å²) in [5.74, 6) is 0.677. The van der Waals surface area contributed by atoms with E-state index in [-0.39, 0.29) is 12.5 Å². The summed E-state index contributed by atoms with van der Waals surface area (Å²) in [6.45, 7) is 10.0. The van der Waals surface area contributed by atoms with Gasteiger partial charge >= 0.3 is 0 Å². The number of nitrogens with two attached hydrogens (primary N) is 1. The first-order valence-electron chi connectivity index (χ1n) is 11.2. The molecule has 8 heteroatoms. The number of rotatable bonds is 6. The average Bonchev–Trinajstić information content (AvgIpc) is 3.44. The van der Waals surface area contributed by atoms with E-state index in [1.807, 2.05) is 36.8 Å². The van der Waals surface area contributed by atoms with Gasteiger partial charge in [-0.3, -0.25) is 4.79 Å². The van der Waals surface area contributed by atoms with Gasteiger partial charge in [0.2, 0.25) is 11.9 Å². The van der Waals surface area contributed by atoms with Crippen LogP contribution in [-0.2, 0) is 16.1 Å². The Morgan fingerprint density at radius 2 is 1.84 bits per heavy atom. The minimum absolute atomic E-state index is 0.0204. The van der Waals surface area contributed by atoms with Gasteiger partial charge in [-0.1, -0.05) is 24.8 Å². The first kappa shape index (κ1) is 23.7. The van der Waals surface area contributed by atoms with Crippen LogP contribution in [0, 0.1) is 0 Å². The molecule has 0 aliphatic carbocycles. The van der Waals surface area contributed by atoms with Gasteiger partial charge in [0.1, 0.15) is 0 Å². The fraction of sp³-hybridized carbons (Fsp3) is 0.458. The van der Waals surface area contributed by atoms with Crippen molar-refractivity contribution in [2.45, 2.75) is 19.4 Å². The maximum atomic E-state index is 11.7. The Morgan fingerprint density at radius 3 is 2.41 bits per heavy atom. The number of amides is 1. The summed E-state index contributed by atoms with van der Waals surface area (Å²) >= 11 is 0. The predicted molar refractivity (Wildman–Crippen MR) is 127 cm³/mol. The van der Waals surface area contributed by atoms with E-state index in [0.717, 1.165) is 62.0 Å². The Kier molecular flexibility index (Phi) is 9.01. The molecule has 2 aliphatic rings. The van der Waals surface area contributed by atoms with Crippen LogP contribution in [-0.4, -0.2) is 78.7 Å². The number of hydrogen-bond donors (Lipinski definition) is 1. The standard InChI is InChI=1S/C20H26N6O.C4H8O/c1-3-25-7-9-26(10-8-25)20-22-13-18(14-23-20)17-6-4-5-16(11-17)15-24(2)19(27)12-21;1-2-4-5-3-1/h3-6,11,13-14H,1,7-10,12,15,21H2,2H3;1-4H2. The first-order chi connectivity index (χ1) is 15.6. The van der Waals surface area contributed by atoms with Crippen molar-refractivity contribution in [1.29, 1.82) is 0 Å². The number of anilines is 1. The molecule has 2 fully saturated rings. The molecule has 1 aromatic carbocycles. The van der Waals surface area contributed by atoms with E-state index in [4.69, 9.17) is 10.5 Å². The summed E-state index contributed by atoms with van der Waals surface area (Å²) in [6.07, 6.45) is 8.15. The Morgan fingerprint density at radius 1 is 1.16 bits per heavy atom. The second-order valence-corrected chi connectivity index (χ2v) is 7.95. The first-order valence-corrected chi connectivity index (χ1v) is 11.2. The second kappa shape index (κ2) is 12.2. The van der Waals surface area contributed by atoms with Crippen LogP contribution < -0.4 is 10.6 Å². The Balaban J connectivity index is 0.000000509. The molecule has 2 aliphatic heterocycles. The summed E-state index contributed by atoms with van der Waals surface area (Å²) in [6, 6.07) is 8.06. The topological polar surface area (TPSA) is 87.8 Å². The summed E-state index contributed by atoms with van der Waals surface area (Å²) in [5.41, 5.74) is 8.45. The highest BCUT2D eigenvalue weighted by atomic mass is 16.5. The van der Waals surface area contributed by atoms with Gasteiger partial charge < -0.3 is 25.2 Å². The second-order valence-electron chi connectivity index (χ2n) is 7.95. The number of piperazine rings is 1. The van der Waals surface area contributed by atoms with Crippen molar-refractivity contribution < 1.29 is 9.53 Å². The Labute approximate surface area is 190 Å². The lowest BCUT2D eigenvalue weighted by atomic mass is 10.1. The lowest BCUT2D eigenvalue weighted by Gasteiger charge is -2.33. The minimum atomic E-state index is -0.0790. The van der Waals surface area contributed by atoms with E-state index >= 15 is 0 Å². The molecular weight excluding hydrogens is 404 g/mol. The molecule has 0 atom stereocenters. The monoisotopic (exact) mass is 438 g/mol. The van der Waals surface area contributed by atoms with Gasteiger partial charge in [0.15, 0.2) is 0 Å². The molecule has 2 aromatic rings. The number of carbonyl (C=O) groups excluding carboxylic acids is 1. The SMILES string of the molecule is C1CCOC1.C=CN1CCN(c2ncc(-c3cccc(CN(C)C(=O)CN)c3)cn2)CC1. The maximum absolute atomic E-state index is 11.7. The Hall–Kier alpha value is -2.97. The van der Waals surface area contributed by atoms with Crippen molar-refractivity contribution in [1.82, 2.24) is 19.8 Å². The molecule has 4 rings (SSSR count). The van der Waals surface area contributed by atoms with E-state index in [1.54, 1.807) is 11.9 Å². The third-order valence-corrected chi connectivity index (χ3v) is 5.60. The van der Waals surface area contributed by atoms with Gasteiger partial charge in [0, 0.05) is 70.9 Å². The zero-order chi connectivity index (χ0) is 22.8. The summed E-state index contributed by atoms with van der Waals surface area (Å²) < 4.78 is 4.94. The van der Waals surface area contributed by atoms with Crippen LogP contribution in [0.1, 0.15) is 18.4 Å². The van der Waals surface area contributed by atoms with Crippen molar-refractivity contribution in [2.75, 3.05) is 57.9 Å². The lowest BCUT2D eigenvalue weighted by Crippen LogP contribution is -2.44. The average molecular weight is 439 g/mol. The highest BCUT2D eigenvalue weighted by molar-refractivity contribution is 5.77. The fourth-order valence-electron chi connectivity index (χ4n) is 3.62. The highest BCUT2D eigenvalue weighted by Crippen LogP contribution is 2.21. The zero-order valence-corrected chi connectivity index (χ0v) is 18.9. The molecule has 3 heterocycles. The highest BCUT2D eigenvalue weighted by Gasteiger charge is 2.16. The number of aromatic nitrogens is 2. The van der Waals surface area contributed by atoms with E-state index < -0.39 is 0 Å². The van der Waals surface area contributed by atoms with Crippen LogP contribution in [0.5, 0.6) is 0 Å². The molecule has 2 N–H and O–H groups in total. The van der Waals surface area contributed by atoms with Crippen molar-refractivity contribution in [3.05, 3.63) is 55.0 Å².